The van der Waals surface area contributed by atoms with Crippen LogP contribution in [0.4, 0.5) is 0 Å². The van der Waals surface area contributed by atoms with Gasteiger partial charge in [-0.2, -0.15) is 0 Å². The quantitative estimate of drug-likeness (QED) is 0.733. The molecule has 1 aromatic carbocycles. The summed E-state index contributed by atoms with van der Waals surface area (Å²) in [7, 11) is 0. The van der Waals surface area contributed by atoms with Crippen molar-refractivity contribution >= 4 is 5.91 Å². The number of rotatable bonds is 3. The van der Waals surface area contributed by atoms with Gasteiger partial charge in [-0.3, -0.25) is 14.6 Å². The van der Waals surface area contributed by atoms with Gasteiger partial charge in [0.15, 0.2) is 0 Å². The number of aromatic nitrogens is 2. The fourth-order valence-corrected chi connectivity index (χ4v) is 5.98. The number of benzene rings is 1. The highest BCUT2D eigenvalue weighted by atomic mass is 16.2. The van der Waals surface area contributed by atoms with Gasteiger partial charge >= 0.3 is 5.69 Å². The summed E-state index contributed by atoms with van der Waals surface area (Å²) in [6, 6.07) is 12.2. The summed E-state index contributed by atoms with van der Waals surface area (Å²) >= 11 is 0. The summed E-state index contributed by atoms with van der Waals surface area (Å²) in [4.78, 5) is 43.7. The average molecular weight is 394 g/mol. The van der Waals surface area contributed by atoms with Gasteiger partial charge < -0.3 is 15.2 Å². The zero-order chi connectivity index (χ0) is 20.2. The average Bonchev–Trinajstić information content (AvgIpc) is 3.00. The van der Waals surface area contributed by atoms with E-state index in [2.05, 4.69) is 34.3 Å². The molecule has 2 aromatic rings. The lowest BCUT2D eigenvalue weighted by Crippen LogP contribution is -2.58. The molecule has 2 bridgehead atoms. The van der Waals surface area contributed by atoms with Crippen molar-refractivity contribution in [3.63, 3.8) is 0 Å². The Morgan fingerprint density at radius 1 is 1.17 bits per heavy atom. The second-order valence-corrected chi connectivity index (χ2v) is 8.95. The van der Waals surface area contributed by atoms with Gasteiger partial charge in [-0.15, -0.1) is 0 Å². The zero-order valence-corrected chi connectivity index (χ0v) is 16.5. The predicted octanol–water partition coefficient (Wildman–Crippen LogP) is 1.42. The number of carbonyl (C=O) groups excluding carboxylic acids is 1. The standard InChI is InChI=1S/C22H26N4O3/c1-22-12-16-14(10-13-6-3-2-4-7-13)23-17(22)8-5-9-18(22)26(16)20(28)15-11-19(27)25-21(29)24-15/h2-4,6-7,11,14,16-18,23H,5,8-10,12H2,1H3,(H2,24,25,27,29)/t14-,16+,17-,18+,22-/m1/s1. The number of H-pyrrole nitrogens is 2. The van der Waals surface area contributed by atoms with Gasteiger partial charge in [0.2, 0.25) is 0 Å². The van der Waals surface area contributed by atoms with Crippen molar-refractivity contribution < 1.29 is 4.79 Å². The number of likely N-dealkylation sites (tertiary alicyclic amines) is 1. The Bertz CT molecular complexity index is 1020. The molecule has 0 unspecified atom stereocenters. The van der Waals surface area contributed by atoms with Crippen LogP contribution in [0.1, 0.15) is 48.7 Å². The van der Waals surface area contributed by atoms with E-state index in [9.17, 15) is 14.4 Å². The summed E-state index contributed by atoms with van der Waals surface area (Å²) in [5.41, 5.74) is 0.149. The second kappa shape index (κ2) is 6.69. The Morgan fingerprint density at radius 2 is 1.97 bits per heavy atom. The maximum Gasteiger partial charge on any atom is 0.326 e. The van der Waals surface area contributed by atoms with Crippen molar-refractivity contribution in [2.45, 2.75) is 63.2 Å². The van der Waals surface area contributed by atoms with Crippen LogP contribution in [0.3, 0.4) is 0 Å². The first-order valence-corrected chi connectivity index (χ1v) is 10.4. The molecule has 29 heavy (non-hydrogen) atoms. The third-order valence-corrected chi connectivity index (χ3v) is 7.27. The third kappa shape index (κ3) is 2.95. The SMILES string of the molecule is C[C@@]12C[C@H]3[C@@H](Cc4ccccc4)N[C@@H]1CCC[C@@H]2N3C(=O)c1cc(=O)[nH]c(=O)[nH]1. The molecule has 2 saturated heterocycles. The molecule has 1 amide bonds. The predicted molar refractivity (Wildman–Crippen MR) is 109 cm³/mol. The van der Waals surface area contributed by atoms with E-state index in [1.54, 1.807) is 0 Å². The van der Waals surface area contributed by atoms with E-state index in [1.165, 1.54) is 11.6 Å². The molecule has 1 aliphatic carbocycles. The van der Waals surface area contributed by atoms with Crippen LogP contribution in [-0.2, 0) is 6.42 Å². The summed E-state index contributed by atoms with van der Waals surface area (Å²) < 4.78 is 0. The van der Waals surface area contributed by atoms with Crippen LogP contribution in [0, 0.1) is 5.41 Å². The maximum atomic E-state index is 13.5. The second-order valence-electron chi connectivity index (χ2n) is 8.95. The molecule has 5 rings (SSSR count). The van der Waals surface area contributed by atoms with Crippen molar-refractivity contribution in [2.24, 2.45) is 5.41 Å². The molecule has 2 aliphatic heterocycles. The lowest BCUT2D eigenvalue weighted by molar-refractivity contribution is 0.0552. The van der Waals surface area contributed by atoms with Crippen LogP contribution in [0.5, 0.6) is 0 Å². The molecule has 3 N–H and O–H groups in total. The van der Waals surface area contributed by atoms with E-state index in [0.717, 1.165) is 32.1 Å². The highest BCUT2D eigenvalue weighted by Crippen LogP contribution is 2.53. The van der Waals surface area contributed by atoms with Crippen molar-refractivity contribution in [1.29, 1.82) is 0 Å². The van der Waals surface area contributed by atoms with Gasteiger partial charge in [-0.25, -0.2) is 4.79 Å². The topological polar surface area (TPSA) is 98.1 Å². The van der Waals surface area contributed by atoms with Gasteiger partial charge in [-0.05, 0) is 37.7 Å². The first-order valence-electron chi connectivity index (χ1n) is 10.4. The van der Waals surface area contributed by atoms with Crippen molar-refractivity contribution in [3.05, 3.63) is 68.5 Å². The number of piperidine rings is 1. The minimum absolute atomic E-state index is 0.0211. The number of carbonyl (C=O) groups is 1. The molecule has 7 heteroatoms. The minimum Gasteiger partial charge on any atom is -0.329 e. The molecule has 1 saturated carbocycles. The number of nitrogens with zero attached hydrogens (tertiary/aromatic N) is 1. The lowest BCUT2D eigenvalue weighted by Gasteiger charge is -2.46. The number of aromatic amines is 2. The summed E-state index contributed by atoms with van der Waals surface area (Å²) in [6.45, 7) is 2.29. The smallest absolute Gasteiger partial charge is 0.326 e. The molecule has 5 atom stereocenters. The largest absolute Gasteiger partial charge is 0.329 e. The molecule has 3 aliphatic rings. The van der Waals surface area contributed by atoms with Gasteiger partial charge in [-0.1, -0.05) is 37.3 Å². The van der Waals surface area contributed by atoms with E-state index >= 15 is 0 Å². The number of hydrogen-bond acceptors (Lipinski definition) is 4. The first kappa shape index (κ1) is 18.4. The number of hydrogen-bond donors (Lipinski definition) is 3. The molecule has 3 heterocycles. The molecule has 1 aromatic heterocycles. The van der Waals surface area contributed by atoms with E-state index in [-0.39, 0.29) is 35.1 Å². The summed E-state index contributed by atoms with van der Waals surface area (Å²) in [5.74, 6) is -0.241. The Kier molecular flexibility index (Phi) is 4.24. The monoisotopic (exact) mass is 394 g/mol. The Morgan fingerprint density at radius 3 is 2.72 bits per heavy atom. The number of amides is 1. The van der Waals surface area contributed by atoms with Gasteiger partial charge in [0.25, 0.3) is 11.5 Å². The van der Waals surface area contributed by atoms with Gasteiger partial charge in [0.05, 0.1) is 0 Å². The Balaban J connectivity index is 1.54. The van der Waals surface area contributed by atoms with E-state index in [4.69, 9.17) is 0 Å². The third-order valence-electron chi connectivity index (χ3n) is 7.27. The normalized spacial score (nSPS) is 32.9. The zero-order valence-electron chi connectivity index (χ0n) is 16.5. The van der Waals surface area contributed by atoms with E-state index in [0.29, 0.717) is 6.04 Å². The van der Waals surface area contributed by atoms with Gasteiger partial charge in [0, 0.05) is 35.6 Å². The van der Waals surface area contributed by atoms with Crippen molar-refractivity contribution in [1.82, 2.24) is 20.2 Å². The molecule has 0 radical (unpaired) electrons. The molecule has 7 nitrogen and oxygen atoms in total. The van der Waals surface area contributed by atoms with Crippen molar-refractivity contribution in [3.8, 4) is 0 Å². The maximum absolute atomic E-state index is 13.5. The first-order chi connectivity index (χ1) is 14.0. The Labute approximate surface area is 168 Å². The van der Waals surface area contributed by atoms with Crippen LogP contribution >= 0.6 is 0 Å². The van der Waals surface area contributed by atoms with Crippen LogP contribution in [0.2, 0.25) is 0 Å². The van der Waals surface area contributed by atoms with E-state index < -0.39 is 11.2 Å². The molecular weight excluding hydrogens is 368 g/mol. The van der Waals surface area contributed by atoms with Crippen LogP contribution in [0.25, 0.3) is 0 Å². The Hall–Kier alpha value is -2.67. The van der Waals surface area contributed by atoms with E-state index in [1.807, 2.05) is 23.1 Å². The fourth-order valence-electron chi connectivity index (χ4n) is 5.98. The fraction of sp³-hybridized carbons (Fsp3) is 0.500. The summed E-state index contributed by atoms with van der Waals surface area (Å²) in [6.07, 6.45) is 4.95. The highest BCUT2D eigenvalue weighted by Gasteiger charge is 2.61. The van der Waals surface area contributed by atoms with Crippen molar-refractivity contribution in [2.75, 3.05) is 0 Å². The lowest BCUT2D eigenvalue weighted by atomic mass is 9.65. The number of nitrogens with one attached hydrogen (secondary N) is 3. The highest BCUT2D eigenvalue weighted by molar-refractivity contribution is 5.93. The molecule has 152 valence electrons. The molecular formula is C22H26N4O3. The van der Waals surface area contributed by atoms with Crippen LogP contribution in [-0.4, -0.2) is 44.9 Å². The van der Waals surface area contributed by atoms with Gasteiger partial charge in [0.1, 0.15) is 5.69 Å². The number of fused-ring (bicyclic) bond motifs is 1. The molecule has 3 fully saturated rings. The minimum atomic E-state index is -0.644. The molecule has 0 spiro atoms. The van der Waals surface area contributed by atoms with Crippen LogP contribution < -0.4 is 16.6 Å². The summed E-state index contributed by atoms with van der Waals surface area (Å²) in [5, 5.41) is 3.86. The van der Waals surface area contributed by atoms with Crippen LogP contribution in [0.15, 0.2) is 46.0 Å².